The molecule has 2 N–H and O–H groups in total. The number of aromatic hydroxyl groups is 2. The average molecular weight is 402 g/mol. The molecule has 0 aliphatic rings. The first-order chi connectivity index (χ1) is 14.2. The van der Waals surface area contributed by atoms with Crippen molar-refractivity contribution in [3.63, 3.8) is 0 Å². The van der Waals surface area contributed by atoms with Crippen molar-refractivity contribution in [2.75, 3.05) is 0 Å². The van der Waals surface area contributed by atoms with E-state index < -0.39 is 0 Å². The van der Waals surface area contributed by atoms with Crippen molar-refractivity contribution in [1.82, 2.24) is 20.2 Å². The van der Waals surface area contributed by atoms with Gasteiger partial charge in [-0.3, -0.25) is 4.98 Å². The SMILES string of the molecule is Oc1cccc2ccc(-c3nnc(SCc4ccc(O)c5ncccc45)o3)nc12. The van der Waals surface area contributed by atoms with Crippen LogP contribution in [0.3, 0.4) is 0 Å². The van der Waals surface area contributed by atoms with Crippen molar-refractivity contribution in [3.8, 4) is 23.1 Å². The monoisotopic (exact) mass is 402 g/mol. The van der Waals surface area contributed by atoms with Gasteiger partial charge in [-0.25, -0.2) is 4.98 Å². The minimum atomic E-state index is 0.103. The first-order valence-corrected chi connectivity index (χ1v) is 9.78. The van der Waals surface area contributed by atoms with Gasteiger partial charge in [0.15, 0.2) is 0 Å². The van der Waals surface area contributed by atoms with Crippen LogP contribution in [0.4, 0.5) is 0 Å². The number of hydrogen-bond donors (Lipinski definition) is 2. The van der Waals surface area contributed by atoms with Gasteiger partial charge >= 0.3 is 0 Å². The summed E-state index contributed by atoms with van der Waals surface area (Å²) >= 11 is 1.39. The molecule has 29 heavy (non-hydrogen) atoms. The predicted octanol–water partition coefficient (Wildman–Crippen LogP) is 4.54. The summed E-state index contributed by atoms with van der Waals surface area (Å²) in [5, 5.41) is 30.3. The van der Waals surface area contributed by atoms with Crippen LogP contribution in [0.15, 0.2) is 70.4 Å². The van der Waals surface area contributed by atoms with E-state index in [9.17, 15) is 10.2 Å². The fraction of sp³-hybridized carbons (Fsp3) is 0.0476. The molecule has 3 heterocycles. The van der Waals surface area contributed by atoms with Crippen LogP contribution in [0.5, 0.6) is 11.5 Å². The van der Waals surface area contributed by atoms with Crippen LogP contribution in [-0.2, 0) is 5.75 Å². The van der Waals surface area contributed by atoms with Crippen molar-refractivity contribution < 1.29 is 14.6 Å². The van der Waals surface area contributed by atoms with E-state index in [4.69, 9.17) is 4.42 Å². The number of pyridine rings is 2. The molecule has 0 saturated heterocycles. The Morgan fingerprint density at radius 3 is 2.69 bits per heavy atom. The molecule has 0 unspecified atom stereocenters. The van der Waals surface area contributed by atoms with E-state index >= 15 is 0 Å². The zero-order chi connectivity index (χ0) is 19.8. The van der Waals surface area contributed by atoms with Gasteiger partial charge in [-0.05, 0) is 29.8 Å². The molecular weight excluding hydrogens is 388 g/mol. The maximum absolute atomic E-state index is 10.0. The second-order valence-electron chi connectivity index (χ2n) is 6.35. The zero-order valence-corrected chi connectivity index (χ0v) is 15.8. The molecule has 8 heteroatoms. The highest BCUT2D eigenvalue weighted by Crippen LogP contribution is 2.31. The minimum Gasteiger partial charge on any atom is -0.506 e. The summed E-state index contributed by atoms with van der Waals surface area (Å²) in [4.78, 5) is 8.67. The number of phenols is 2. The number of aromatic nitrogens is 4. The molecule has 142 valence electrons. The summed E-state index contributed by atoms with van der Waals surface area (Å²) in [5.74, 6) is 1.12. The number of fused-ring (bicyclic) bond motifs is 2. The number of nitrogens with zero attached hydrogens (tertiary/aromatic N) is 4. The standard InChI is InChI=1S/C21H14N4O3S/c26-16-5-1-3-12-6-8-15(23-18(12)16)20-24-25-21(28-20)29-11-13-7-9-17(27)19-14(13)4-2-10-22-19/h1-10,26-27H,11H2. The largest absolute Gasteiger partial charge is 0.506 e. The Labute approximate surface area is 169 Å². The Morgan fingerprint density at radius 2 is 1.76 bits per heavy atom. The van der Waals surface area contributed by atoms with Crippen LogP contribution < -0.4 is 0 Å². The third-order valence-electron chi connectivity index (χ3n) is 4.51. The molecule has 0 aliphatic carbocycles. The maximum Gasteiger partial charge on any atom is 0.277 e. The second-order valence-corrected chi connectivity index (χ2v) is 7.28. The highest BCUT2D eigenvalue weighted by molar-refractivity contribution is 7.98. The van der Waals surface area contributed by atoms with Gasteiger partial charge < -0.3 is 14.6 Å². The number of para-hydroxylation sites is 1. The number of hydrogen-bond acceptors (Lipinski definition) is 8. The number of phenolic OH excluding ortho intramolecular Hbond substituents is 2. The lowest BCUT2D eigenvalue weighted by atomic mass is 10.1. The second kappa shape index (κ2) is 7.06. The summed E-state index contributed by atoms with van der Waals surface area (Å²) in [6.07, 6.45) is 1.65. The van der Waals surface area contributed by atoms with E-state index in [1.54, 1.807) is 30.5 Å². The van der Waals surface area contributed by atoms with Gasteiger partial charge in [-0.1, -0.05) is 42.1 Å². The summed E-state index contributed by atoms with van der Waals surface area (Å²) in [7, 11) is 0. The van der Waals surface area contributed by atoms with Gasteiger partial charge in [-0.15, -0.1) is 10.2 Å². The lowest BCUT2D eigenvalue weighted by Crippen LogP contribution is -1.87. The van der Waals surface area contributed by atoms with Crippen molar-refractivity contribution in [1.29, 1.82) is 0 Å². The van der Waals surface area contributed by atoms with Crippen molar-refractivity contribution in [2.45, 2.75) is 11.0 Å². The number of benzene rings is 2. The molecule has 0 aliphatic heterocycles. The smallest absolute Gasteiger partial charge is 0.277 e. The van der Waals surface area contributed by atoms with Gasteiger partial charge in [0.1, 0.15) is 28.2 Å². The van der Waals surface area contributed by atoms with Gasteiger partial charge in [0.2, 0.25) is 0 Å². The Balaban J connectivity index is 1.40. The highest BCUT2D eigenvalue weighted by atomic mass is 32.2. The topological polar surface area (TPSA) is 105 Å². The Morgan fingerprint density at radius 1 is 0.862 bits per heavy atom. The maximum atomic E-state index is 10.0. The van der Waals surface area contributed by atoms with Crippen LogP contribution in [0.25, 0.3) is 33.4 Å². The van der Waals surface area contributed by atoms with Gasteiger partial charge in [0.05, 0.1) is 0 Å². The molecule has 5 aromatic rings. The number of rotatable bonds is 4. The molecule has 0 atom stereocenters. The highest BCUT2D eigenvalue weighted by Gasteiger charge is 2.13. The van der Waals surface area contributed by atoms with Crippen LogP contribution >= 0.6 is 11.8 Å². The van der Waals surface area contributed by atoms with E-state index in [1.165, 1.54) is 11.8 Å². The van der Waals surface area contributed by atoms with Crippen LogP contribution in [0.1, 0.15) is 5.56 Å². The van der Waals surface area contributed by atoms with Crippen molar-refractivity contribution in [3.05, 3.63) is 66.4 Å². The van der Waals surface area contributed by atoms with Crippen molar-refractivity contribution >= 4 is 33.6 Å². The normalized spacial score (nSPS) is 11.3. The van der Waals surface area contributed by atoms with Crippen LogP contribution in [0.2, 0.25) is 0 Å². The summed E-state index contributed by atoms with van der Waals surface area (Å²) in [5.41, 5.74) is 2.56. The summed E-state index contributed by atoms with van der Waals surface area (Å²) < 4.78 is 5.75. The Hall–Kier alpha value is -3.65. The Bertz CT molecular complexity index is 1350. The zero-order valence-electron chi connectivity index (χ0n) is 15.0. The predicted molar refractivity (Wildman–Crippen MR) is 110 cm³/mol. The molecule has 0 spiro atoms. The van der Waals surface area contributed by atoms with E-state index in [0.717, 1.165) is 16.3 Å². The summed E-state index contributed by atoms with van der Waals surface area (Å²) in [6, 6.07) is 16.1. The van der Waals surface area contributed by atoms with Crippen LogP contribution in [-0.4, -0.2) is 30.4 Å². The lowest BCUT2D eigenvalue weighted by molar-refractivity contribution is 0.464. The molecule has 7 nitrogen and oxygen atoms in total. The molecule has 0 amide bonds. The quantitative estimate of drug-likeness (QED) is 0.422. The lowest BCUT2D eigenvalue weighted by Gasteiger charge is -2.05. The van der Waals surface area contributed by atoms with E-state index in [2.05, 4.69) is 20.2 Å². The van der Waals surface area contributed by atoms with E-state index in [1.807, 2.05) is 30.3 Å². The molecule has 0 radical (unpaired) electrons. The van der Waals surface area contributed by atoms with E-state index in [-0.39, 0.29) is 17.4 Å². The van der Waals surface area contributed by atoms with Gasteiger partial charge in [0.25, 0.3) is 11.1 Å². The number of thioether (sulfide) groups is 1. The molecule has 2 aromatic carbocycles. The minimum absolute atomic E-state index is 0.103. The van der Waals surface area contributed by atoms with Crippen molar-refractivity contribution in [2.24, 2.45) is 0 Å². The first-order valence-electron chi connectivity index (χ1n) is 8.80. The molecule has 0 bridgehead atoms. The van der Waals surface area contributed by atoms with Gasteiger partial charge in [0, 0.05) is 22.7 Å². The van der Waals surface area contributed by atoms with E-state index in [0.29, 0.717) is 27.7 Å². The Kier molecular flexibility index (Phi) is 4.25. The third kappa shape index (κ3) is 3.23. The fourth-order valence-corrected chi connectivity index (χ4v) is 3.87. The van der Waals surface area contributed by atoms with Gasteiger partial charge in [-0.2, -0.15) is 0 Å². The fourth-order valence-electron chi connectivity index (χ4n) is 3.10. The molecule has 0 saturated carbocycles. The first kappa shape index (κ1) is 17.4. The molecule has 5 rings (SSSR count). The summed E-state index contributed by atoms with van der Waals surface area (Å²) in [6.45, 7) is 0. The molecule has 3 aromatic heterocycles. The third-order valence-corrected chi connectivity index (χ3v) is 5.38. The average Bonchev–Trinajstić information content (AvgIpc) is 3.23. The molecular formula is C21H14N4O3S. The molecule has 0 fully saturated rings. The van der Waals surface area contributed by atoms with Crippen LogP contribution in [0, 0.1) is 0 Å².